The minimum absolute atomic E-state index is 0.0504. The van der Waals surface area contributed by atoms with Gasteiger partial charge in [0.25, 0.3) is 0 Å². The minimum atomic E-state index is -0.445. The van der Waals surface area contributed by atoms with Gasteiger partial charge >= 0.3 is 0 Å². The van der Waals surface area contributed by atoms with Gasteiger partial charge in [0.2, 0.25) is 5.91 Å². The van der Waals surface area contributed by atoms with Crippen molar-refractivity contribution in [1.29, 1.82) is 0 Å². The fourth-order valence-corrected chi connectivity index (χ4v) is 2.57. The molecule has 1 fully saturated rings. The van der Waals surface area contributed by atoms with Crippen molar-refractivity contribution < 1.29 is 18.3 Å². The van der Waals surface area contributed by atoms with Crippen LogP contribution in [-0.2, 0) is 9.53 Å². The molecule has 0 radical (unpaired) electrons. The first-order valence-electron chi connectivity index (χ1n) is 6.92. The third-order valence-electron chi connectivity index (χ3n) is 3.60. The van der Waals surface area contributed by atoms with Gasteiger partial charge in [-0.15, -0.1) is 0 Å². The van der Waals surface area contributed by atoms with Crippen LogP contribution in [0.4, 0.5) is 8.78 Å². The summed E-state index contributed by atoms with van der Waals surface area (Å²) in [5.41, 5.74) is 0.360. The van der Waals surface area contributed by atoms with Crippen LogP contribution in [-0.4, -0.2) is 37.1 Å². The van der Waals surface area contributed by atoms with E-state index in [0.29, 0.717) is 25.3 Å². The van der Waals surface area contributed by atoms with Gasteiger partial charge in [-0.3, -0.25) is 4.79 Å². The van der Waals surface area contributed by atoms with Gasteiger partial charge < -0.3 is 9.64 Å². The number of carbonyl (C=O) groups is 1. The molecule has 1 unspecified atom stereocenters. The van der Waals surface area contributed by atoms with Crippen LogP contribution in [0.1, 0.15) is 31.2 Å². The van der Waals surface area contributed by atoms with Gasteiger partial charge in [-0.05, 0) is 43.5 Å². The summed E-state index contributed by atoms with van der Waals surface area (Å²) in [5, 5.41) is 0. The fourth-order valence-electron chi connectivity index (χ4n) is 2.57. The molecule has 1 atom stereocenters. The average Bonchev–Trinajstić information content (AvgIpc) is 2.47. The Balaban J connectivity index is 2.06. The number of benzene rings is 1. The van der Waals surface area contributed by atoms with Gasteiger partial charge in [0.1, 0.15) is 18.2 Å². The highest BCUT2D eigenvalue weighted by molar-refractivity contribution is 5.77. The summed E-state index contributed by atoms with van der Waals surface area (Å²) in [5.74, 6) is -1.09. The van der Waals surface area contributed by atoms with Crippen molar-refractivity contribution >= 4 is 5.91 Å². The normalized spacial score (nSPS) is 19.1. The first kappa shape index (κ1) is 14.9. The van der Waals surface area contributed by atoms with E-state index >= 15 is 0 Å². The first-order valence-corrected chi connectivity index (χ1v) is 6.92. The Morgan fingerprint density at radius 3 is 3.00 bits per heavy atom. The molecule has 1 heterocycles. The van der Waals surface area contributed by atoms with Crippen molar-refractivity contribution in [2.45, 2.75) is 25.7 Å². The van der Waals surface area contributed by atoms with Crippen LogP contribution in [0.5, 0.6) is 0 Å². The number of piperidine rings is 1. The molecule has 0 N–H and O–H groups in total. The van der Waals surface area contributed by atoms with Crippen LogP contribution in [0.3, 0.4) is 0 Å². The predicted octanol–water partition coefficient (Wildman–Crippen LogP) is 2.71. The number of halogens is 2. The van der Waals surface area contributed by atoms with Crippen molar-refractivity contribution in [3.05, 3.63) is 35.4 Å². The first-order chi connectivity index (χ1) is 9.61. The summed E-state index contributed by atoms with van der Waals surface area (Å²) in [6.07, 6.45) is 1.55. The second kappa shape index (κ2) is 6.79. The molecule has 2 rings (SSSR count). The zero-order valence-corrected chi connectivity index (χ0v) is 11.6. The van der Waals surface area contributed by atoms with E-state index in [4.69, 9.17) is 4.74 Å². The topological polar surface area (TPSA) is 29.5 Å². The fraction of sp³-hybridized carbons (Fsp3) is 0.533. The van der Waals surface area contributed by atoms with Crippen molar-refractivity contribution in [3.8, 4) is 0 Å². The van der Waals surface area contributed by atoms with Gasteiger partial charge in [-0.2, -0.15) is 0 Å². The lowest BCUT2D eigenvalue weighted by atomic mass is 9.90. The Morgan fingerprint density at radius 2 is 2.25 bits per heavy atom. The number of carbonyl (C=O) groups excluding carboxylic acids is 1. The maximum Gasteiger partial charge on any atom is 0.248 e. The van der Waals surface area contributed by atoms with Crippen LogP contribution in [0, 0.1) is 11.6 Å². The highest BCUT2D eigenvalue weighted by Crippen LogP contribution is 2.29. The number of rotatable bonds is 4. The van der Waals surface area contributed by atoms with Gasteiger partial charge in [0.15, 0.2) is 0 Å². The molecule has 110 valence electrons. The van der Waals surface area contributed by atoms with Gasteiger partial charge in [0.05, 0.1) is 0 Å². The molecule has 1 aliphatic rings. The number of amides is 1. The Bertz CT molecular complexity index is 479. The van der Waals surface area contributed by atoms with Gasteiger partial charge in [-0.25, -0.2) is 8.78 Å². The lowest BCUT2D eigenvalue weighted by Gasteiger charge is -2.33. The van der Waals surface area contributed by atoms with E-state index in [-0.39, 0.29) is 18.4 Å². The standard InChI is InChI=1S/C15H19F2NO2/c1-2-20-10-15(19)18-7-3-4-11(9-18)13-8-12(16)5-6-14(13)17/h5-6,8,11H,2-4,7,9-10H2,1H3. The summed E-state index contributed by atoms with van der Waals surface area (Å²) >= 11 is 0. The number of ether oxygens (including phenoxy) is 1. The van der Waals surface area contributed by atoms with E-state index in [1.807, 2.05) is 6.92 Å². The highest BCUT2D eigenvalue weighted by atomic mass is 19.1. The summed E-state index contributed by atoms with van der Waals surface area (Å²) < 4.78 is 32.2. The van der Waals surface area contributed by atoms with E-state index in [0.717, 1.165) is 25.0 Å². The summed E-state index contributed by atoms with van der Waals surface area (Å²) in [6, 6.07) is 3.49. The number of likely N-dealkylation sites (tertiary alicyclic amines) is 1. The summed E-state index contributed by atoms with van der Waals surface area (Å²) in [6.45, 7) is 3.44. The molecule has 0 saturated carbocycles. The van der Waals surface area contributed by atoms with Crippen molar-refractivity contribution in [1.82, 2.24) is 4.90 Å². The smallest absolute Gasteiger partial charge is 0.248 e. The third kappa shape index (κ3) is 3.54. The Kier molecular flexibility index (Phi) is 5.06. The van der Waals surface area contributed by atoms with E-state index < -0.39 is 11.6 Å². The Labute approximate surface area is 117 Å². The second-order valence-corrected chi connectivity index (χ2v) is 4.98. The van der Waals surface area contributed by atoms with Crippen LogP contribution in [0.15, 0.2) is 18.2 Å². The SMILES string of the molecule is CCOCC(=O)N1CCCC(c2cc(F)ccc2F)C1. The van der Waals surface area contributed by atoms with Crippen molar-refractivity contribution in [2.24, 2.45) is 0 Å². The summed E-state index contributed by atoms with van der Waals surface area (Å²) in [7, 11) is 0. The molecule has 0 spiro atoms. The predicted molar refractivity (Wildman–Crippen MR) is 71.4 cm³/mol. The van der Waals surface area contributed by atoms with Crippen molar-refractivity contribution in [3.63, 3.8) is 0 Å². The lowest BCUT2D eigenvalue weighted by Crippen LogP contribution is -2.41. The van der Waals surface area contributed by atoms with Gasteiger partial charge in [0, 0.05) is 25.6 Å². The van der Waals surface area contributed by atoms with E-state index in [1.165, 1.54) is 6.07 Å². The molecule has 1 amide bonds. The molecule has 0 aliphatic carbocycles. The zero-order valence-electron chi connectivity index (χ0n) is 11.6. The molecule has 0 aromatic heterocycles. The zero-order chi connectivity index (χ0) is 14.5. The van der Waals surface area contributed by atoms with Crippen molar-refractivity contribution in [2.75, 3.05) is 26.3 Å². The monoisotopic (exact) mass is 283 g/mol. The number of hydrogen-bond acceptors (Lipinski definition) is 2. The molecular weight excluding hydrogens is 264 g/mol. The van der Waals surface area contributed by atoms with Crippen LogP contribution in [0.2, 0.25) is 0 Å². The average molecular weight is 283 g/mol. The number of hydrogen-bond donors (Lipinski definition) is 0. The maximum absolute atomic E-state index is 13.8. The molecule has 1 saturated heterocycles. The highest BCUT2D eigenvalue weighted by Gasteiger charge is 2.26. The maximum atomic E-state index is 13.8. The molecule has 3 nitrogen and oxygen atoms in total. The lowest BCUT2D eigenvalue weighted by molar-refractivity contribution is -0.137. The molecule has 1 aromatic rings. The number of nitrogens with zero attached hydrogens (tertiary/aromatic N) is 1. The van der Waals surface area contributed by atoms with E-state index in [9.17, 15) is 13.6 Å². The van der Waals surface area contributed by atoms with Crippen LogP contribution >= 0.6 is 0 Å². The minimum Gasteiger partial charge on any atom is -0.372 e. The molecule has 1 aliphatic heterocycles. The molecular formula is C15H19F2NO2. The molecule has 0 bridgehead atoms. The third-order valence-corrected chi connectivity index (χ3v) is 3.60. The molecule has 1 aromatic carbocycles. The van der Waals surface area contributed by atoms with Crippen LogP contribution < -0.4 is 0 Å². The summed E-state index contributed by atoms with van der Waals surface area (Å²) in [4.78, 5) is 13.6. The Hall–Kier alpha value is -1.49. The molecule has 20 heavy (non-hydrogen) atoms. The quantitative estimate of drug-likeness (QED) is 0.850. The molecule has 5 heteroatoms. The van der Waals surface area contributed by atoms with Gasteiger partial charge in [-0.1, -0.05) is 0 Å². The Morgan fingerprint density at radius 1 is 1.45 bits per heavy atom. The second-order valence-electron chi connectivity index (χ2n) is 4.98. The van der Waals surface area contributed by atoms with Crippen LogP contribution in [0.25, 0.3) is 0 Å². The van der Waals surface area contributed by atoms with E-state index in [1.54, 1.807) is 4.90 Å². The largest absolute Gasteiger partial charge is 0.372 e. The van der Waals surface area contributed by atoms with E-state index in [2.05, 4.69) is 0 Å².